The number of carbonyl (C=O) groups is 2. The molecule has 1 amide bonds. The van der Waals surface area contributed by atoms with E-state index < -0.39 is 67.4 Å². The zero-order valence-electron chi connectivity index (χ0n) is 49.4. The molecule has 1 fully saturated rings. The molecular weight excluding hydrogens is 991 g/mol. The molecule has 0 spiro atoms. The summed E-state index contributed by atoms with van der Waals surface area (Å²) < 4.78 is 17.6. The van der Waals surface area contributed by atoms with Crippen LogP contribution < -0.4 is 5.32 Å². The quantitative estimate of drug-likeness (QED) is 0.0149. The second-order valence-electron chi connectivity index (χ2n) is 20.8. The van der Waals surface area contributed by atoms with Crippen molar-refractivity contribution in [3.63, 3.8) is 0 Å². The minimum Gasteiger partial charge on any atom is -0.454 e. The van der Waals surface area contributed by atoms with E-state index >= 15 is 0 Å². The van der Waals surface area contributed by atoms with Gasteiger partial charge in [-0.25, -0.2) is 0 Å². The first-order valence-corrected chi connectivity index (χ1v) is 31.0. The van der Waals surface area contributed by atoms with E-state index in [2.05, 4.69) is 111 Å². The van der Waals surface area contributed by atoms with Gasteiger partial charge in [0.05, 0.1) is 25.4 Å². The number of unbranched alkanes of at least 4 members (excludes halogenated alkanes) is 19. The molecular formula is C68H111NO10. The lowest BCUT2D eigenvalue weighted by Gasteiger charge is -2.41. The molecule has 1 saturated heterocycles. The van der Waals surface area contributed by atoms with Gasteiger partial charge in [-0.3, -0.25) is 9.59 Å². The van der Waals surface area contributed by atoms with Gasteiger partial charge >= 0.3 is 5.97 Å². The second kappa shape index (κ2) is 54.4. The van der Waals surface area contributed by atoms with E-state index in [9.17, 15) is 35.1 Å². The molecule has 79 heavy (non-hydrogen) atoms. The summed E-state index contributed by atoms with van der Waals surface area (Å²) >= 11 is 0. The number of hydrogen-bond acceptors (Lipinski definition) is 10. The van der Waals surface area contributed by atoms with Gasteiger partial charge in [0.1, 0.15) is 24.4 Å². The highest BCUT2D eigenvalue weighted by Crippen LogP contribution is 2.26. The highest BCUT2D eigenvalue weighted by molar-refractivity contribution is 5.80. The Balaban J connectivity index is 2.65. The van der Waals surface area contributed by atoms with Crippen LogP contribution in [0.4, 0.5) is 0 Å². The van der Waals surface area contributed by atoms with E-state index in [1.807, 2.05) is 42.5 Å². The number of carbonyl (C=O) groups excluding carboxylic acids is 2. The van der Waals surface area contributed by atoms with Crippen molar-refractivity contribution < 1.29 is 49.3 Å². The average Bonchev–Trinajstić information content (AvgIpc) is 3.47. The standard InChI is InChI=1S/C68H111NO10/c1-4-7-10-13-16-19-22-24-26-27-28-29-30-31-32-33-34-35-36-38-41-44-47-50-53-56-63(73)79-66-65(75)64(74)62(57-70)78-68(66)77-58-59(60(71)54-51-48-45-42-39-21-18-15-12-9-6-3)69-67(76)61(72)55-52-49-46-43-40-37-25-23-20-17-14-11-8-5-2/h7-8,10-11,14,16-17,19-20,23-26,28-29,31-32,34-35,37,51,54,59-62,64-66,68,70-72,74-75H,4-6,9,12-13,15,18,21-22,27,30,33,36,38-50,52-53,55-58H2,1-3H3,(H,69,76)/b10-7-,11-8+,17-14+,19-16-,23-20+,26-24-,29-28-,32-31-,35-34-,37-25-,54-51+. The molecule has 0 aliphatic carbocycles. The van der Waals surface area contributed by atoms with E-state index in [0.717, 1.165) is 135 Å². The Bertz CT molecular complexity index is 1790. The van der Waals surface area contributed by atoms with Gasteiger partial charge in [-0.2, -0.15) is 0 Å². The number of allylic oxidation sites excluding steroid dienone is 21. The third-order valence-corrected chi connectivity index (χ3v) is 13.6. The largest absolute Gasteiger partial charge is 0.454 e. The Hall–Kier alpha value is -4.20. The topological polar surface area (TPSA) is 175 Å². The first-order chi connectivity index (χ1) is 38.7. The molecule has 1 rings (SSSR count). The number of esters is 1. The Morgan fingerprint density at radius 1 is 0.519 bits per heavy atom. The van der Waals surface area contributed by atoms with Crippen LogP contribution in [-0.2, 0) is 23.8 Å². The Labute approximate surface area is 480 Å². The molecule has 0 bridgehead atoms. The number of amides is 1. The molecule has 0 aromatic heterocycles. The maximum atomic E-state index is 13.4. The molecule has 8 atom stereocenters. The van der Waals surface area contributed by atoms with Gasteiger partial charge in [0.2, 0.25) is 5.91 Å². The molecule has 11 heteroatoms. The number of rotatable bonds is 50. The van der Waals surface area contributed by atoms with Crippen LogP contribution in [0.1, 0.15) is 220 Å². The summed E-state index contributed by atoms with van der Waals surface area (Å²) in [5.41, 5.74) is 0. The summed E-state index contributed by atoms with van der Waals surface area (Å²) in [6, 6.07) is -1.05. The zero-order valence-corrected chi connectivity index (χ0v) is 49.4. The lowest BCUT2D eigenvalue weighted by molar-refractivity contribution is -0.305. The van der Waals surface area contributed by atoms with E-state index in [1.165, 1.54) is 38.5 Å². The fourth-order valence-electron chi connectivity index (χ4n) is 8.78. The van der Waals surface area contributed by atoms with Crippen LogP contribution in [0.15, 0.2) is 134 Å². The lowest BCUT2D eigenvalue weighted by atomic mass is 9.99. The SMILES string of the molecule is CC/C=C\C/C=C\C/C=C\C/C=C\C/C=C\C/C=C\CCCCCCCCC(=O)OC1C(OCC(NC(=O)C(O)CCCCCC\C=C/C=C/C=C/C=C/CC)C(O)/C=C/CCCCCCCCCCC)OC(CO)C(O)C1O. The fraction of sp³-hybridized carbons (Fsp3) is 0.647. The average molecular weight is 1100 g/mol. The fourth-order valence-corrected chi connectivity index (χ4v) is 8.78. The Morgan fingerprint density at radius 2 is 0.975 bits per heavy atom. The molecule has 0 radical (unpaired) electrons. The summed E-state index contributed by atoms with van der Waals surface area (Å²) in [4.78, 5) is 26.5. The number of aliphatic hydroxyl groups excluding tert-OH is 5. The highest BCUT2D eigenvalue weighted by atomic mass is 16.7. The van der Waals surface area contributed by atoms with E-state index in [4.69, 9.17) is 14.2 Å². The smallest absolute Gasteiger partial charge is 0.306 e. The van der Waals surface area contributed by atoms with Gasteiger partial charge in [-0.15, -0.1) is 0 Å². The van der Waals surface area contributed by atoms with Crippen LogP contribution in [0.3, 0.4) is 0 Å². The zero-order chi connectivity index (χ0) is 57.5. The summed E-state index contributed by atoms with van der Waals surface area (Å²) in [5.74, 6) is -1.25. The van der Waals surface area contributed by atoms with Gasteiger partial charge in [0.15, 0.2) is 12.4 Å². The van der Waals surface area contributed by atoms with Crippen molar-refractivity contribution in [1.82, 2.24) is 5.32 Å². The first kappa shape index (κ1) is 72.8. The predicted octanol–water partition coefficient (Wildman–Crippen LogP) is 14.8. The predicted molar refractivity (Wildman–Crippen MR) is 328 cm³/mol. The molecule has 1 heterocycles. The van der Waals surface area contributed by atoms with E-state index in [-0.39, 0.29) is 19.4 Å². The van der Waals surface area contributed by atoms with Crippen LogP contribution in [0.2, 0.25) is 0 Å². The van der Waals surface area contributed by atoms with Crippen LogP contribution >= 0.6 is 0 Å². The van der Waals surface area contributed by atoms with Crippen LogP contribution in [0, 0.1) is 0 Å². The molecule has 1 aliphatic rings. The summed E-state index contributed by atoms with van der Waals surface area (Å²) in [5, 5.41) is 56.9. The monoisotopic (exact) mass is 1100 g/mol. The van der Waals surface area contributed by atoms with E-state index in [0.29, 0.717) is 12.8 Å². The van der Waals surface area contributed by atoms with Crippen LogP contribution in [0.25, 0.3) is 0 Å². The second-order valence-corrected chi connectivity index (χ2v) is 20.8. The highest BCUT2D eigenvalue weighted by Gasteiger charge is 2.47. The maximum absolute atomic E-state index is 13.4. The molecule has 0 aromatic carbocycles. The molecule has 11 nitrogen and oxygen atoms in total. The molecule has 0 saturated carbocycles. The van der Waals surface area contributed by atoms with Crippen LogP contribution in [-0.4, -0.2) is 99.6 Å². The van der Waals surface area contributed by atoms with Crippen molar-refractivity contribution >= 4 is 11.9 Å². The Kier molecular flexibility index (Phi) is 50.1. The van der Waals surface area contributed by atoms with Gasteiger partial charge < -0.3 is 45.1 Å². The molecule has 448 valence electrons. The summed E-state index contributed by atoms with van der Waals surface area (Å²) in [6.07, 6.45) is 66.3. The van der Waals surface area contributed by atoms with Crippen molar-refractivity contribution in [2.45, 2.75) is 269 Å². The van der Waals surface area contributed by atoms with Crippen LogP contribution in [0.5, 0.6) is 0 Å². The van der Waals surface area contributed by atoms with Gasteiger partial charge in [-0.1, -0.05) is 251 Å². The molecule has 1 aliphatic heterocycles. The van der Waals surface area contributed by atoms with Crippen molar-refractivity contribution in [3.8, 4) is 0 Å². The first-order valence-electron chi connectivity index (χ1n) is 31.0. The van der Waals surface area contributed by atoms with Crippen molar-refractivity contribution in [3.05, 3.63) is 134 Å². The normalized spacial score (nSPS) is 19.8. The third-order valence-electron chi connectivity index (χ3n) is 13.6. The number of hydrogen-bond donors (Lipinski definition) is 6. The van der Waals surface area contributed by atoms with Crippen molar-refractivity contribution in [2.24, 2.45) is 0 Å². The minimum atomic E-state index is -1.63. The van der Waals surface area contributed by atoms with Crippen molar-refractivity contribution in [1.29, 1.82) is 0 Å². The minimum absolute atomic E-state index is 0.0946. The lowest BCUT2D eigenvalue weighted by Crippen LogP contribution is -2.61. The molecule has 8 unspecified atom stereocenters. The molecule has 6 N–H and O–H groups in total. The van der Waals surface area contributed by atoms with E-state index in [1.54, 1.807) is 6.08 Å². The number of nitrogens with one attached hydrogen (secondary N) is 1. The number of aliphatic hydroxyl groups is 5. The third kappa shape index (κ3) is 42.3. The van der Waals surface area contributed by atoms with Gasteiger partial charge in [0, 0.05) is 6.42 Å². The van der Waals surface area contributed by atoms with Gasteiger partial charge in [-0.05, 0) is 96.3 Å². The summed E-state index contributed by atoms with van der Waals surface area (Å²) in [7, 11) is 0. The van der Waals surface area contributed by atoms with Gasteiger partial charge in [0.25, 0.3) is 0 Å². The number of ether oxygens (including phenoxy) is 3. The summed E-state index contributed by atoms with van der Waals surface area (Å²) in [6.45, 7) is 5.48. The van der Waals surface area contributed by atoms with Crippen molar-refractivity contribution in [2.75, 3.05) is 13.2 Å². The molecule has 0 aromatic rings. The maximum Gasteiger partial charge on any atom is 0.306 e. The Morgan fingerprint density at radius 3 is 1.52 bits per heavy atom.